The summed E-state index contributed by atoms with van der Waals surface area (Å²) in [5.74, 6) is 0.990. The Hall–Kier alpha value is -0.620. The predicted molar refractivity (Wildman–Crippen MR) is 78.6 cm³/mol. The lowest BCUT2D eigenvalue weighted by Crippen LogP contribution is -2.39. The van der Waals surface area contributed by atoms with Crippen LogP contribution in [0, 0.1) is 5.41 Å². The highest BCUT2D eigenvalue weighted by molar-refractivity contribution is 9.11. The first-order valence-corrected chi connectivity index (χ1v) is 7.33. The van der Waals surface area contributed by atoms with E-state index in [1.807, 2.05) is 13.0 Å². The highest BCUT2D eigenvalue weighted by Gasteiger charge is 2.40. The van der Waals surface area contributed by atoms with Crippen molar-refractivity contribution in [3.63, 3.8) is 0 Å². The maximum Gasteiger partial charge on any atom is 0.227 e. The van der Waals surface area contributed by atoms with E-state index in [0.717, 1.165) is 27.7 Å². The van der Waals surface area contributed by atoms with Crippen LogP contribution in [0.15, 0.2) is 21.2 Å². The van der Waals surface area contributed by atoms with Gasteiger partial charge < -0.3 is 10.2 Å². The van der Waals surface area contributed by atoms with Crippen molar-refractivity contribution in [2.24, 2.45) is 5.41 Å². The van der Waals surface area contributed by atoms with Gasteiger partial charge in [-0.05, 0) is 51.3 Å². The van der Waals surface area contributed by atoms with Gasteiger partial charge in [0.05, 0.1) is 9.89 Å². The molecule has 2 rings (SSSR count). The number of hydrogen-bond donors (Lipinski definition) is 1. The van der Waals surface area contributed by atoms with Crippen molar-refractivity contribution in [3.05, 3.63) is 21.2 Å². The number of pyridine rings is 1. The third-order valence-electron chi connectivity index (χ3n) is 3.34. The number of anilines is 1. The summed E-state index contributed by atoms with van der Waals surface area (Å²) in [6, 6.07) is 1.97. The smallest absolute Gasteiger partial charge is 0.227 e. The molecule has 1 aromatic heterocycles. The Morgan fingerprint density at radius 3 is 2.89 bits per heavy atom. The zero-order valence-corrected chi connectivity index (χ0v) is 13.5. The van der Waals surface area contributed by atoms with Gasteiger partial charge in [0.1, 0.15) is 5.82 Å². The van der Waals surface area contributed by atoms with Crippen molar-refractivity contribution in [1.29, 1.82) is 0 Å². The van der Waals surface area contributed by atoms with E-state index in [4.69, 9.17) is 0 Å². The van der Waals surface area contributed by atoms with Crippen LogP contribution in [0.1, 0.15) is 13.3 Å². The van der Waals surface area contributed by atoms with Crippen LogP contribution in [-0.2, 0) is 4.79 Å². The van der Waals surface area contributed by atoms with E-state index < -0.39 is 0 Å². The summed E-state index contributed by atoms with van der Waals surface area (Å²) in [5, 5.41) is 2.74. The van der Waals surface area contributed by atoms with Crippen LogP contribution in [0.25, 0.3) is 0 Å². The fourth-order valence-electron chi connectivity index (χ4n) is 2.27. The molecule has 0 spiro atoms. The fourth-order valence-corrected chi connectivity index (χ4v) is 3.51. The van der Waals surface area contributed by atoms with E-state index in [9.17, 15) is 4.79 Å². The number of carbonyl (C=O) groups is 1. The zero-order valence-electron chi connectivity index (χ0n) is 10.3. The van der Waals surface area contributed by atoms with Gasteiger partial charge in [0.15, 0.2) is 0 Å². The van der Waals surface area contributed by atoms with E-state index in [0.29, 0.717) is 6.54 Å². The van der Waals surface area contributed by atoms with Crippen LogP contribution >= 0.6 is 31.9 Å². The molecule has 0 aliphatic carbocycles. The summed E-state index contributed by atoms with van der Waals surface area (Å²) in [7, 11) is 1.68. The average Bonchev–Trinajstić information content (AvgIpc) is 2.72. The van der Waals surface area contributed by atoms with Gasteiger partial charge >= 0.3 is 0 Å². The maximum absolute atomic E-state index is 11.9. The molecule has 0 saturated carbocycles. The molecule has 2 heterocycles. The molecule has 4 nitrogen and oxygen atoms in total. The topological polar surface area (TPSA) is 45.2 Å². The lowest BCUT2D eigenvalue weighted by molar-refractivity contribution is -0.128. The largest absolute Gasteiger partial charge is 0.359 e. The molecular formula is C12H15Br2N3O. The second-order valence-electron chi connectivity index (χ2n) is 4.77. The highest BCUT2D eigenvalue weighted by Crippen LogP contribution is 2.36. The number of rotatable bonds is 2. The summed E-state index contributed by atoms with van der Waals surface area (Å²) >= 11 is 6.90. The van der Waals surface area contributed by atoms with Gasteiger partial charge in [-0.3, -0.25) is 4.79 Å². The fraction of sp³-hybridized carbons (Fsp3) is 0.500. The quantitative estimate of drug-likeness (QED) is 0.862. The first kappa shape index (κ1) is 13.8. The average molecular weight is 377 g/mol. The van der Waals surface area contributed by atoms with Gasteiger partial charge in [-0.15, -0.1) is 0 Å². The van der Waals surface area contributed by atoms with Crippen LogP contribution in [0.2, 0.25) is 0 Å². The number of carbonyl (C=O) groups excluding carboxylic acids is 1. The molecule has 0 aromatic carbocycles. The number of nitrogens with one attached hydrogen (secondary N) is 1. The highest BCUT2D eigenvalue weighted by atomic mass is 79.9. The minimum atomic E-state index is -0.330. The van der Waals surface area contributed by atoms with Crippen molar-refractivity contribution in [1.82, 2.24) is 10.3 Å². The molecule has 1 aliphatic rings. The second kappa shape index (κ2) is 5.17. The van der Waals surface area contributed by atoms with Crippen molar-refractivity contribution < 1.29 is 4.79 Å². The normalized spacial score (nSPS) is 23.2. The van der Waals surface area contributed by atoms with E-state index in [2.05, 4.69) is 47.1 Å². The summed E-state index contributed by atoms with van der Waals surface area (Å²) in [6.45, 7) is 3.54. The summed E-state index contributed by atoms with van der Waals surface area (Å²) in [6.07, 6.45) is 2.62. The summed E-state index contributed by atoms with van der Waals surface area (Å²) < 4.78 is 1.88. The first-order chi connectivity index (χ1) is 8.46. The van der Waals surface area contributed by atoms with Gasteiger partial charge in [-0.2, -0.15) is 0 Å². The number of nitrogens with zero attached hydrogens (tertiary/aromatic N) is 2. The second-order valence-corrected chi connectivity index (χ2v) is 6.54. The predicted octanol–water partition coefficient (Wildman–Crippen LogP) is 2.57. The molecule has 1 unspecified atom stereocenters. The van der Waals surface area contributed by atoms with Crippen LogP contribution in [0.4, 0.5) is 5.82 Å². The van der Waals surface area contributed by atoms with Crippen LogP contribution in [0.5, 0.6) is 0 Å². The molecule has 18 heavy (non-hydrogen) atoms. The lowest BCUT2D eigenvalue weighted by Gasteiger charge is -2.23. The Morgan fingerprint density at radius 1 is 1.56 bits per heavy atom. The van der Waals surface area contributed by atoms with Gasteiger partial charge in [0.25, 0.3) is 0 Å². The molecule has 1 aliphatic heterocycles. The van der Waals surface area contributed by atoms with E-state index >= 15 is 0 Å². The van der Waals surface area contributed by atoms with Crippen LogP contribution in [-0.4, -0.2) is 31.0 Å². The van der Waals surface area contributed by atoms with Crippen molar-refractivity contribution in [2.45, 2.75) is 13.3 Å². The van der Waals surface area contributed by atoms with Gasteiger partial charge in [0.2, 0.25) is 5.91 Å². The number of halogens is 2. The monoisotopic (exact) mass is 375 g/mol. The standard InChI is InChI=1S/C12H15Br2N3O/c1-12(11(18)15-2)3-4-17(7-12)10-9(14)5-8(13)6-16-10/h5-6H,3-4,7H2,1-2H3,(H,15,18). The number of aromatic nitrogens is 1. The Bertz CT molecular complexity index is 480. The molecule has 1 aromatic rings. The van der Waals surface area contributed by atoms with E-state index in [-0.39, 0.29) is 11.3 Å². The Balaban J connectivity index is 2.20. The molecule has 1 amide bonds. The third-order valence-corrected chi connectivity index (χ3v) is 4.35. The zero-order chi connectivity index (χ0) is 13.3. The SMILES string of the molecule is CNC(=O)C1(C)CCN(c2ncc(Br)cc2Br)C1. The minimum Gasteiger partial charge on any atom is -0.359 e. The molecule has 6 heteroatoms. The molecule has 1 N–H and O–H groups in total. The Labute approximate surface area is 123 Å². The molecule has 0 radical (unpaired) electrons. The molecule has 1 atom stereocenters. The minimum absolute atomic E-state index is 0.0956. The molecular weight excluding hydrogens is 362 g/mol. The molecule has 1 fully saturated rings. The summed E-state index contributed by atoms with van der Waals surface area (Å²) in [5.41, 5.74) is -0.330. The van der Waals surface area contributed by atoms with Crippen molar-refractivity contribution >= 4 is 43.6 Å². The van der Waals surface area contributed by atoms with Crippen LogP contribution < -0.4 is 10.2 Å². The molecule has 0 bridgehead atoms. The van der Waals surface area contributed by atoms with E-state index in [1.165, 1.54) is 0 Å². The molecule has 1 saturated heterocycles. The molecule has 98 valence electrons. The number of amides is 1. The Morgan fingerprint density at radius 2 is 2.28 bits per heavy atom. The summed E-state index contributed by atoms with van der Waals surface area (Å²) in [4.78, 5) is 18.4. The Kier molecular flexibility index (Phi) is 3.96. The van der Waals surface area contributed by atoms with E-state index in [1.54, 1.807) is 13.2 Å². The van der Waals surface area contributed by atoms with Gasteiger partial charge in [-0.1, -0.05) is 0 Å². The lowest BCUT2D eigenvalue weighted by atomic mass is 9.89. The van der Waals surface area contributed by atoms with Crippen molar-refractivity contribution in [2.75, 3.05) is 25.0 Å². The maximum atomic E-state index is 11.9. The van der Waals surface area contributed by atoms with Crippen LogP contribution in [0.3, 0.4) is 0 Å². The van der Waals surface area contributed by atoms with Gasteiger partial charge in [0, 0.05) is 30.8 Å². The first-order valence-electron chi connectivity index (χ1n) is 5.74. The van der Waals surface area contributed by atoms with Crippen molar-refractivity contribution in [3.8, 4) is 0 Å². The third kappa shape index (κ3) is 2.54. The number of hydrogen-bond acceptors (Lipinski definition) is 3. The van der Waals surface area contributed by atoms with Gasteiger partial charge in [-0.25, -0.2) is 4.98 Å².